The molecule has 1 fully saturated rings. The van der Waals surface area contributed by atoms with E-state index in [2.05, 4.69) is 31.1 Å². The Balaban J connectivity index is 1.47. The first-order valence-corrected chi connectivity index (χ1v) is 8.93. The molecule has 1 saturated heterocycles. The Kier molecular flexibility index (Phi) is 6.25. The predicted molar refractivity (Wildman–Crippen MR) is 98.8 cm³/mol. The highest BCUT2D eigenvalue weighted by molar-refractivity contribution is 9.10. The molecule has 1 aromatic carbocycles. The molecule has 1 aromatic heterocycles. The molecule has 25 heavy (non-hydrogen) atoms. The lowest BCUT2D eigenvalue weighted by atomic mass is 10.2. The number of anilines is 1. The third kappa shape index (κ3) is 5.44. The van der Waals surface area contributed by atoms with E-state index in [4.69, 9.17) is 9.47 Å². The highest BCUT2D eigenvalue weighted by atomic mass is 79.9. The van der Waals surface area contributed by atoms with Gasteiger partial charge in [-0.1, -0.05) is 15.9 Å². The van der Waals surface area contributed by atoms with E-state index in [1.54, 1.807) is 6.20 Å². The Morgan fingerprint density at radius 2 is 2.00 bits per heavy atom. The summed E-state index contributed by atoms with van der Waals surface area (Å²) in [5, 5.41) is 2.87. The third-order valence-corrected chi connectivity index (χ3v) is 4.35. The van der Waals surface area contributed by atoms with Crippen molar-refractivity contribution in [2.45, 2.75) is 6.54 Å². The van der Waals surface area contributed by atoms with Crippen LogP contribution in [0.5, 0.6) is 5.75 Å². The molecule has 0 bridgehead atoms. The van der Waals surface area contributed by atoms with Gasteiger partial charge < -0.3 is 19.7 Å². The minimum atomic E-state index is -0.160. The maximum atomic E-state index is 12.0. The number of nitrogens with zero attached hydrogens (tertiary/aromatic N) is 2. The molecule has 0 radical (unpaired) electrons. The van der Waals surface area contributed by atoms with Gasteiger partial charge in [-0.25, -0.2) is 4.98 Å². The van der Waals surface area contributed by atoms with Crippen molar-refractivity contribution >= 4 is 27.7 Å². The fraction of sp³-hybridized carbons (Fsp3) is 0.333. The first-order chi connectivity index (χ1) is 12.2. The minimum Gasteiger partial charge on any atom is -0.484 e. The van der Waals surface area contributed by atoms with Gasteiger partial charge in [-0.2, -0.15) is 0 Å². The Hall–Kier alpha value is -2.12. The number of carbonyl (C=O) groups is 1. The standard InChI is InChI=1S/C18H20BrN3O3/c19-15-1-3-16(4-2-15)25-13-18(23)21-12-14-5-6-20-17(11-14)22-7-9-24-10-8-22/h1-6,11H,7-10,12-13H2,(H,21,23). The number of carbonyl (C=O) groups excluding carboxylic acids is 1. The molecule has 0 aliphatic carbocycles. The number of hydrogen-bond acceptors (Lipinski definition) is 5. The molecule has 1 amide bonds. The molecule has 1 aliphatic rings. The molecule has 132 valence electrons. The van der Waals surface area contributed by atoms with Crippen molar-refractivity contribution in [2.24, 2.45) is 0 Å². The van der Waals surface area contributed by atoms with Gasteiger partial charge in [0.15, 0.2) is 6.61 Å². The van der Waals surface area contributed by atoms with Crippen molar-refractivity contribution in [3.05, 3.63) is 52.6 Å². The van der Waals surface area contributed by atoms with Gasteiger partial charge in [0.2, 0.25) is 0 Å². The summed E-state index contributed by atoms with van der Waals surface area (Å²) >= 11 is 3.36. The quantitative estimate of drug-likeness (QED) is 0.798. The highest BCUT2D eigenvalue weighted by Gasteiger charge is 2.12. The molecule has 1 aliphatic heterocycles. The Morgan fingerprint density at radius 1 is 1.24 bits per heavy atom. The van der Waals surface area contributed by atoms with Crippen LogP contribution < -0.4 is 15.0 Å². The van der Waals surface area contributed by atoms with Crippen molar-refractivity contribution in [3.8, 4) is 5.75 Å². The van der Waals surface area contributed by atoms with Crippen LogP contribution in [0.15, 0.2) is 47.1 Å². The van der Waals surface area contributed by atoms with E-state index in [9.17, 15) is 4.79 Å². The molecular weight excluding hydrogens is 386 g/mol. The lowest BCUT2D eigenvalue weighted by molar-refractivity contribution is -0.123. The fourth-order valence-electron chi connectivity index (χ4n) is 2.47. The number of aromatic nitrogens is 1. The van der Waals surface area contributed by atoms with Crippen molar-refractivity contribution in [3.63, 3.8) is 0 Å². The monoisotopic (exact) mass is 405 g/mol. The van der Waals surface area contributed by atoms with Crippen LogP contribution in [-0.2, 0) is 16.1 Å². The van der Waals surface area contributed by atoms with Crippen molar-refractivity contribution in [1.29, 1.82) is 0 Å². The van der Waals surface area contributed by atoms with Gasteiger partial charge in [-0.15, -0.1) is 0 Å². The second kappa shape index (κ2) is 8.82. The first kappa shape index (κ1) is 17.7. The normalized spacial score (nSPS) is 14.2. The molecule has 6 nitrogen and oxygen atoms in total. The summed E-state index contributed by atoms with van der Waals surface area (Å²) in [6, 6.07) is 11.3. The summed E-state index contributed by atoms with van der Waals surface area (Å²) in [4.78, 5) is 18.5. The average Bonchev–Trinajstić information content (AvgIpc) is 2.67. The van der Waals surface area contributed by atoms with Crippen LogP contribution in [0.1, 0.15) is 5.56 Å². The maximum absolute atomic E-state index is 12.0. The maximum Gasteiger partial charge on any atom is 0.258 e. The highest BCUT2D eigenvalue weighted by Crippen LogP contribution is 2.16. The summed E-state index contributed by atoms with van der Waals surface area (Å²) in [5.74, 6) is 1.42. The number of nitrogens with one attached hydrogen (secondary N) is 1. The van der Waals surface area contributed by atoms with E-state index in [1.165, 1.54) is 0 Å². The smallest absolute Gasteiger partial charge is 0.258 e. The third-order valence-electron chi connectivity index (χ3n) is 3.82. The van der Waals surface area contributed by atoms with Crippen LogP contribution in [0.4, 0.5) is 5.82 Å². The van der Waals surface area contributed by atoms with Gasteiger partial charge >= 0.3 is 0 Å². The number of ether oxygens (including phenoxy) is 2. The molecule has 2 aromatic rings. The summed E-state index contributed by atoms with van der Waals surface area (Å²) in [6.45, 7) is 3.55. The van der Waals surface area contributed by atoms with E-state index in [1.807, 2.05) is 36.4 Å². The summed E-state index contributed by atoms with van der Waals surface area (Å²) < 4.78 is 11.8. The van der Waals surface area contributed by atoms with E-state index in [0.29, 0.717) is 12.3 Å². The lowest BCUT2D eigenvalue weighted by Gasteiger charge is -2.28. The summed E-state index contributed by atoms with van der Waals surface area (Å²) in [5.41, 5.74) is 1.01. The number of benzene rings is 1. The van der Waals surface area contributed by atoms with Gasteiger partial charge in [-0.3, -0.25) is 4.79 Å². The first-order valence-electron chi connectivity index (χ1n) is 8.13. The van der Waals surface area contributed by atoms with E-state index >= 15 is 0 Å². The zero-order valence-electron chi connectivity index (χ0n) is 13.8. The van der Waals surface area contributed by atoms with Crippen molar-refractivity contribution in [1.82, 2.24) is 10.3 Å². The summed E-state index contributed by atoms with van der Waals surface area (Å²) in [7, 11) is 0. The van der Waals surface area contributed by atoms with Gasteiger partial charge in [0.25, 0.3) is 5.91 Å². The van der Waals surface area contributed by atoms with Crippen molar-refractivity contribution < 1.29 is 14.3 Å². The molecule has 0 spiro atoms. The lowest BCUT2D eigenvalue weighted by Crippen LogP contribution is -2.36. The zero-order chi connectivity index (χ0) is 17.5. The number of amides is 1. The number of rotatable bonds is 6. The number of pyridine rings is 1. The van der Waals surface area contributed by atoms with Crippen LogP contribution in [0.25, 0.3) is 0 Å². The number of hydrogen-bond donors (Lipinski definition) is 1. The van der Waals surface area contributed by atoms with Gasteiger partial charge in [0, 0.05) is 30.3 Å². The molecule has 0 unspecified atom stereocenters. The molecule has 7 heteroatoms. The van der Waals surface area contributed by atoms with Gasteiger partial charge in [-0.05, 0) is 42.0 Å². The molecule has 1 N–H and O–H groups in total. The molecule has 2 heterocycles. The average molecular weight is 406 g/mol. The van der Waals surface area contributed by atoms with E-state index in [-0.39, 0.29) is 12.5 Å². The second-order valence-electron chi connectivity index (χ2n) is 5.64. The van der Waals surface area contributed by atoms with Gasteiger partial charge in [0.1, 0.15) is 11.6 Å². The van der Waals surface area contributed by atoms with Crippen LogP contribution in [0.2, 0.25) is 0 Å². The topological polar surface area (TPSA) is 63.7 Å². The largest absolute Gasteiger partial charge is 0.484 e. The predicted octanol–water partition coefficient (Wildman–Crippen LogP) is 2.38. The van der Waals surface area contributed by atoms with E-state index < -0.39 is 0 Å². The Morgan fingerprint density at radius 3 is 2.76 bits per heavy atom. The summed E-state index contributed by atoms with van der Waals surface area (Å²) in [6.07, 6.45) is 1.77. The number of morpholine rings is 1. The molecule has 0 atom stereocenters. The molecular formula is C18H20BrN3O3. The van der Waals surface area contributed by atoms with Crippen LogP contribution in [0.3, 0.4) is 0 Å². The number of halogens is 1. The minimum absolute atomic E-state index is 0.0109. The van der Waals surface area contributed by atoms with Gasteiger partial charge in [0.05, 0.1) is 13.2 Å². The molecule has 3 rings (SSSR count). The Labute approximate surface area is 155 Å². The van der Waals surface area contributed by atoms with Crippen molar-refractivity contribution in [2.75, 3.05) is 37.8 Å². The second-order valence-corrected chi connectivity index (χ2v) is 6.56. The van der Waals surface area contributed by atoms with Crippen LogP contribution in [0, 0.1) is 0 Å². The SMILES string of the molecule is O=C(COc1ccc(Br)cc1)NCc1ccnc(N2CCOCC2)c1. The fourth-order valence-corrected chi connectivity index (χ4v) is 2.73. The van der Waals surface area contributed by atoms with Crippen LogP contribution >= 0.6 is 15.9 Å². The molecule has 0 saturated carbocycles. The Bertz CT molecular complexity index is 703. The van der Waals surface area contributed by atoms with E-state index in [0.717, 1.165) is 42.2 Å². The van der Waals surface area contributed by atoms with Crippen LogP contribution in [-0.4, -0.2) is 43.8 Å². The zero-order valence-corrected chi connectivity index (χ0v) is 15.4.